The van der Waals surface area contributed by atoms with Gasteiger partial charge in [0.15, 0.2) is 0 Å². The normalized spacial score (nSPS) is 10.3. The molecule has 4 heteroatoms. The van der Waals surface area contributed by atoms with Crippen molar-refractivity contribution in [3.05, 3.63) is 53.9 Å². The van der Waals surface area contributed by atoms with Crippen molar-refractivity contribution >= 4 is 0 Å². The number of nitrogens with two attached hydrogens (primary N) is 1. The van der Waals surface area contributed by atoms with Gasteiger partial charge in [-0.1, -0.05) is 18.2 Å². The quantitative estimate of drug-likeness (QED) is 0.786. The third kappa shape index (κ3) is 4.24. The molecule has 2 rings (SSSR count). The van der Waals surface area contributed by atoms with Crippen molar-refractivity contribution in [3.8, 4) is 11.5 Å². The maximum Gasteiger partial charge on any atom is 0.141 e. The lowest BCUT2D eigenvalue weighted by Gasteiger charge is -2.11. The van der Waals surface area contributed by atoms with Crippen LogP contribution in [0.5, 0.6) is 11.5 Å². The Labute approximate surface area is 119 Å². The molecule has 0 atom stereocenters. The van der Waals surface area contributed by atoms with E-state index in [0.717, 1.165) is 29.3 Å². The summed E-state index contributed by atoms with van der Waals surface area (Å²) in [4.78, 5) is 4.45. The number of hydrogen-bond acceptors (Lipinski definition) is 4. The molecule has 0 aliphatic carbocycles. The van der Waals surface area contributed by atoms with Gasteiger partial charge < -0.3 is 15.2 Å². The highest BCUT2D eigenvalue weighted by atomic mass is 16.5. The number of benzene rings is 1. The fourth-order valence-electron chi connectivity index (χ4n) is 1.87. The van der Waals surface area contributed by atoms with Crippen LogP contribution in [0.3, 0.4) is 0 Å². The Morgan fingerprint density at radius 2 is 1.75 bits per heavy atom. The van der Waals surface area contributed by atoms with Gasteiger partial charge in [0.05, 0.1) is 5.69 Å². The van der Waals surface area contributed by atoms with E-state index < -0.39 is 0 Å². The van der Waals surface area contributed by atoms with Crippen molar-refractivity contribution in [1.82, 2.24) is 4.98 Å². The van der Waals surface area contributed by atoms with Crippen LogP contribution in [0.15, 0.2) is 42.5 Å². The molecular weight excluding hydrogens is 252 g/mol. The Kier molecular flexibility index (Phi) is 5.38. The molecule has 0 unspecified atom stereocenters. The summed E-state index contributed by atoms with van der Waals surface area (Å²) in [6.07, 6.45) is 0.719. The summed E-state index contributed by atoms with van der Waals surface area (Å²) >= 11 is 0. The third-order valence-corrected chi connectivity index (χ3v) is 2.81. The van der Waals surface area contributed by atoms with Crippen molar-refractivity contribution in [2.45, 2.75) is 13.3 Å². The zero-order valence-corrected chi connectivity index (χ0v) is 11.7. The first-order valence-corrected chi connectivity index (χ1v) is 6.77. The van der Waals surface area contributed by atoms with E-state index >= 15 is 0 Å². The summed E-state index contributed by atoms with van der Waals surface area (Å²) in [6.45, 7) is 3.51. The monoisotopic (exact) mass is 272 g/mol. The average Bonchev–Trinajstić information content (AvgIpc) is 2.47. The third-order valence-electron chi connectivity index (χ3n) is 2.81. The van der Waals surface area contributed by atoms with Gasteiger partial charge in [-0.3, -0.25) is 4.98 Å². The van der Waals surface area contributed by atoms with Gasteiger partial charge in [-0.05, 0) is 37.7 Å². The number of aryl methyl sites for hydroxylation is 1. The second kappa shape index (κ2) is 7.50. The predicted octanol–water partition coefficient (Wildman–Crippen LogP) is 2.35. The highest BCUT2D eigenvalue weighted by molar-refractivity contribution is 5.29. The lowest BCUT2D eigenvalue weighted by atomic mass is 10.2. The van der Waals surface area contributed by atoms with Crippen LogP contribution in [0.1, 0.15) is 11.4 Å². The fourth-order valence-corrected chi connectivity index (χ4v) is 1.87. The summed E-state index contributed by atoms with van der Waals surface area (Å²) in [5, 5.41) is 0. The molecule has 0 aliphatic rings. The molecule has 0 radical (unpaired) electrons. The van der Waals surface area contributed by atoms with Crippen LogP contribution in [0.2, 0.25) is 0 Å². The summed E-state index contributed by atoms with van der Waals surface area (Å²) in [6, 6.07) is 13.6. The van der Waals surface area contributed by atoms with Crippen molar-refractivity contribution < 1.29 is 9.47 Å². The van der Waals surface area contributed by atoms with Crippen LogP contribution in [-0.4, -0.2) is 24.7 Å². The highest BCUT2D eigenvalue weighted by Crippen LogP contribution is 2.17. The van der Waals surface area contributed by atoms with E-state index in [1.807, 2.05) is 49.4 Å². The summed E-state index contributed by atoms with van der Waals surface area (Å²) in [7, 11) is 0. The fraction of sp³-hybridized carbons (Fsp3) is 0.312. The van der Waals surface area contributed by atoms with Gasteiger partial charge in [0.2, 0.25) is 0 Å². The van der Waals surface area contributed by atoms with Gasteiger partial charge >= 0.3 is 0 Å². The smallest absolute Gasteiger partial charge is 0.141 e. The molecular formula is C16H20N2O2. The van der Waals surface area contributed by atoms with E-state index in [9.17, 15) is 0 Å². The van der Waals surface area contributed by atoms with Gasteiger partial charge in [0.25, 0.3) is 0 Å². The molecule has 0 saturated carbocycles. The molecule has 2 aromatic rings. The molecule has 0 amide bonds. The van der Waals surface area contributed by atoms with Crippen molar-refractivity contribution in [2.24, 2.45) is 5.73 Å². The maximum absolute atomic E-state index is 5.72. The van der Waals surface area contributed by atoms with Gasteiger partial charge in [0.1, 0.15) is 24.7 Å². The molecule has 106 valence electrons. The van der Waals surface area contributed by atoms with E-state index in [0.29, 0.717) is 19.8 Å². The Morgan fingerprint density at radius 3 is 2.50 bits per heavy atom. The lowest BCUT2D eigenvalue weighted by molar-refractivity contribution is 0.215. The summed E-state index contributed by atoms with van der Waals surface area (Å²) < 4.78 is 11.3. The van der Waals surface area contributed by atoms with Crippen molar-refractivity contribution in [2.75, 3.05) is 19.8 Å². The van der Waals surface area contributed by atoms with Gasteiger partial charge in [0, 0.05) is 12.1 Å². The molecule has 1 aromatic carbocycles. The summed E-state index contributed by atoms with van der Waals surface area (Å²) in [5.41, 5.74) is 7.47. The predicted molar refractivity (Wildman–Crippen MR) is 79.2 cm³/mol. The van der Waals surface area contributed by atoms with Crippen LogP contribution < -0.4 is 15.2 Å². The minimum Gasteiger partial charge on any atom is -0.490 e. The Balaban J connectivity index is 1.84. The van der Waals surface area contributed by atoms with Crippen LogP contribution in [0.4, 0.5) is 0 Å². The highest BCUT2D eigenvalue weighted by Gasteiger charge is 2.05. The Bertz CT molecular complexity index is 529. The van der Waals surface area contributed by atoms with Gasteiger partial charge in [-0.2, -0.15) is 0 Å². The topological polar surface area (TPSA) is 57.4 Å². The minimum atomic E-state index is 0.483. The van der Waals surface area contributed by atoms with Crippen molar-refractivity contribution in [3.63, 3.8) is 0 Å². The molecule has 0 bridgehead atoms. The number of nitrogens with zero attached hydrogens (tertiary/aromatic N) is 1. The summed E-state index contributed by atoms with van der Waals surface area (Å²) in [5.74, 6) is 1.64. The Hall–Kier alpha value is -2.07. The van der Waals surface area contributed by atoms with E-state index in [2.05, 4.69) is 4.98 Å². The molecule has 1 aromatic heterocycles. The first-order valence-electron chi connectivity index (χ1n) is 6.77. The van der Waals surface area contributed by atoms with Crippen LogP contribution in [0, 0.1) is 6.92 Å². The second-order valence-corrected chi connectivity index (χ2v) is 4.45. The van der Waals surface area contributed by atoms with Crippen LogP contribution in [0.25, 0.3) is 0 Å². The molecule has 20 heavy (non-hydrogen) atoms. The number of pyridine rings is 1. The number of rotatable bonds is 7. The molecule has 0 fully saturated rings. The number of aromatic nitrogens is 1. The molecule has 1 heterocycles. The second-order valence-electron chi connectivity index (χ2n) is 4.45. The number of para-hydroxylation sites is 1. The van der Waals surface area contributed by atoms with Gasteiger partial charge in [-0.15, -0.1) is 0 Å². The first-order chi connectivity index (χ1) is 9.79. The molecule has 2 N–H and O–H groups in total. The van der Waals surface area contributed by atoms with E-state index in [4.69, 9.17) is 15.2 Å². The molecule has 0 aliphatic heterocycles. The van der Waals surface area contributed by atoms with Crippen LogP contribution >= 0.6 is 0 Å². The number of ether oxygens (including phenoxy) is 2. The SMILES string of the molecule is Cc1ccc(OCCOc2ccccc2)c(CCN)n1. The van der Waals surface area contributed by atoms with Crippen LogP contribution in [-0.2, 0) is 6.42 Å². The molecule has 0 saturated heterocycles. The zero-order valence-electron chi connectivity index (χ0n) is 11.7. The largest absolute Gasteiger partial charge is 0.490 e. The van der Waals surface area contributed by atoms with Gasteiger partial charge in [-0.25, -0.2) is 0 Å². The molecule has 4 nitrogen and oxygen atoms in total. The average molecular weight is 272 g/mol. The van der Waals surface area contributed by atoms with Crippen molar-refractivity contribution in [1.29, 1.82) is 0 Å². The van der Waals surface area contributed by atoms with E-state index in [-0.39, 0.29) is 0 Å². The van der Waals surface area contributed by atoms with E-state index in [1.165, 1.54) is 0 Å². The lowest BCUT2D eigenvalue weighted by Crippen LogP contribution is -2.12. The zero-order chi connectivity index (χ0) is 14.2. The standard InChI is InChI=1S/C16H20N2O2/c1-13-7-8-16(15(18-13)9-10-17)20-12-11-19-14-5-3-2-4-6-14/h2-8H,9-12,17H2,1H3. The first kappa shape index (κ1) is 14.3. The molecule has 0 spiro atoms. The van der Waals surface area contributed by atoms with E-state index in [1.54, 1.807) is 0 Å². The Morgan fingerprint density at radius 1 is 1.00 bits per heavy atom. The minimum absolute atomic E-state index is 0.483. The number of hydrogen-bond donors (Lipinski definition) is 1. The maximum atomic E-state index is 5.72.